The number of hydrogen-bond acceptors (Lipinski definition) is 4. The van der Waals surface area contributed by atoms with Gasteiger partial charge in [0, 0.05) is 13.5 Å². The number of rotatable bonds is 3. The van der Waals surface area contributed by atoms with Crippen LogP contribution >= 0.6 is 0 Å². The summed E-state index contributed by atoms with van der Waals surface area (Å²) >= 11 is 0. The zero-order valence-corrected chi connectivity index (χ0v) is 8.41. The van der Waals surface area contributed by atoms with Gasteiger partial charge in [0.25, 0.3) is 0 Å². The first kappa shape index (κ1) is 14.6. The monoisotopic (exact) mass is 190 g/mol. The van der Waals surface area contributed by atoms with Crippen molar-refractivity contribution in [2.75, 3.05) is 19.8 Å². The molecule has 0 aliphatic heterocycles. The molecule has 13 heavy (non-hydrogen) atoms. The number of aliphatic hydroxyl groups is 2. The standard InChI is InChI=1S/C7H12O3.C2H6O/c1-6(5-8)3-4-10-7(2)9;1-2-3/h3,8H,4-5H2,1-2H3;3H,2H2,1H3/b6-3+;. The predicted molar refractivity (Wildman–Crippen MR) is 50.2 cm³/mol. The van der Waals surface area contributed by atoms with Crippen LogP contribution in [0.2, 0.25) is 0 Å². The number of esters is 1. The van der Waals surface area contributed by atoms with Gasteiger partial charge in [-0.2, -0.15) is 0 Å². The lowest BCUT2D eigenvalue weighted by Crippen LogP contribution is -1.99. The molecule has 78 valence electrons. The minimum atomic E-state index is -0.304. The van der Waals surface area contributed by atoms with Crippen LogP contribution in [0.1, 0.15) is 20.8 Å². The number of hydrogen-bond donors (Lipinski definition) is 2. The Hall–Kier alpha value is -0.870. The van der Waals surface area contributed by atoms with E-state index in [1.807, 2.05) is 0 Å². The molecule has 0 saturated heterocycles. The predicted octanol–water partition coefficient (Wildman–Crippen LogP) is 0.487. The van der Waals surface area contributed by atoms with Crippen LogP contribution in [0.15, 0.2) is 11.6 Å². The Morgan fingerprint density at radius 3 is 2.15 bits per heavy atom. The molecule has 0 spiro atoms. The van der Waals surface area contributed by atoms with Crippen LogP contribution in [0, 0.1) is 0 Å². The molecule has 4 heteroatoms. The lowest BCUT2D eigenvalue weighted by Gasteiger charge is -1.96. The molecule has 0 aliphatic carbocycles. The van der Waals surface area contributed by atoms with E-state index in [1.165, 1.54) is 6.92 Å². The van der Waals surface area contributed by atoms with Gasteiger partial charge < -0.3 is 14.9 Å². The van der Waals surface area contributed by atoms with E-state index in [4.69, 9.17) is 10.2 Å². The Balaban J connectivity index is 0. The van der Waals surface area contributed by atoms with Gasteiger partial charge in [-0.05, 0) is 25.5 Å². The van der Waals surface area contributed by atoms with Gasteiger partial charge in [-0.3, -0.25) is 4.79 Å². The highest BCUT2D eigenvalue weighted by molar-refractivity contribution is 5.65. The third kappa shape index (κ3) is 18.2. The van der Waals surface area contributed by atoms with Crippen LogP contribution in [0.25, 0.3) is 0 Å². The van der Waals surface area contributed by atoms with E-state index in [2.05, 4.69) is 4.74 Å². The first-order valence-corrected chi connectivity index (χ1v) is 4.09. The maximum Gasteiger partial charge on any atom is 0.302 e. The number of carbonyl (C=O) groups excluding carboxylic acids is 1. The average Bonchev–Trinajstić information content (AvgIpc) is 2.05. The molecule has 0 amide bonds. The van der Waals surface area contributed by atoms with Crippen molar-refractivity contribution in [1.82, 2.24) is 0 Å². The summed E-state index contributed by atoms with van der Waals surface area (Å²) in [7, 11) is 0. The third-order valence-corrected chi connectivity index (χ3v) is 0.968. The SMILES string of the molecule is CC(=O)OC/C=C(\C)CO.CCO. The average molecular weight is 190 g/mol. The number of ether oxygens (including phenoxy) is 1. The fourth-order valence-corrected chi connectivity index (χ4v) is 0.366. The van der Waals surface area contributed by atoms with Crippen LogP contribution in [0.3, 0.4) is 0 Å². The Morgan fingerprint density at radius 2 is 1.85 bits per heavy atom. The van der Waals surface area contributed by atoms with Crippen molar-refractivity contribution in [3.05, 3.63) is 11.6 Å². The Morgan fingerprint density at radius 1 is 1.38 bits per heavy atom. The minimum Gasteiger partial charge on any atom is -0.462 e. The normalized spacial score (nSPS) is 10.1. The van der Waals surface area contributed by atoms with Crippen LogP contribution in [-0.2, 0) is 9.53 Å². The largest absolute Gasteiger partial charge is 0.462 e. The number of carbonyl (C=O) groups is 1. The molecule has 0 radical (unpaired) electrons. The van der Waals surface area contributed by atoms with Crippen molar-refractivity contribution < 1.29 is 19.7 Å². The summed E-state index contributed by atoms with van der Waals surface area (Å²) in [6.45, 7) is 5.31. The maximum atomic E-state index is 10.2. The van der Waals surface area contributed by atoms with Gasteiger partial charge >= 0.3 is 5.97 Å². The topological polar surface area (TPSA) is 66.8 Å². The van der Waals surface area contributed by atoms with Gasteiger partial charge in [0.2, 0.25) is 0 Å². The summed E-state index contributed by atoms with van der Waals surface area (Å²) in [5.41, 5.74) is 0.807. The molecular formula is C9H18O4. The zero-order chi connectivity index (χ0) is 10.7. The fraction of sp³-hybridized carbons (Fsp3) is 0.667. The van der Waals surface area contributed by atoms with Gasteiger partial charge in [0.1, 0.15) is 6.61 Å². The summed E-state index contributed by atoms with van der Waals surface area (Å²) in [6.07, 6.45) is 1.67. The quantitative estimate of drug-likeness (QED) is 0.502. The van der Waals surface area contributed by atoms with Gasteiger partial charge in [-0.15, -0.1) is 0 Å². The molecule has 0 aromatic carbocycles. The highest BCUT2D eigenvalue weighted by Crippen LogP contribution is 1.89. The van der Waals surface area contributed by atoms with E-state index in [0.29, 0.717) is 0 Å². The molecule has 0 fully saturated rings. The van der Waals surface area contributed by atoms with Crippen molar-refractivity contribution in [2.45, 2.75) is 20.8 Å². The number of aliphatic hydroxyl groups excluding tert-OH is 2. The summed E-state index contributed by atoms with van der Waals surface area (Å²) in [6, 6.07) is 0. The van der Waals surface area contributed by atoms with E-state index in [1.54, 1.807) is 19.9 Å². The summed E-state index contributed by atoms with van der Waals surface area (Å²) < 4.78 is 4.59. The van der Waals surface area contributed by atoms with Crippen molar-refractivity contribution >= 4 is 5.97 Å². The second-order valence-electron chi connectivity index (χ2n) is 2.33. The fourth-order valence-electron chi connectivity index (χ4n) is 0.366. The molecule has 4 nitrogen and oxygen atoms in total. The van der Waals surface area contributed by atoms with Gasteiger partial charge in [-0.1, -0.05) is 0 Å². The first-order valence-electron chi connectivity index (χ1n) is 4.09. The van der Waals surface area contributed by atoms with Gasteiger partial charge in [0.05, 0.1) is 6.61 Å². The van der Waals surface area contributed by atoms with Gasteiger partial charge in [0.15, 0.2) is 0 Å². The Labute approximate surface area is 78.8 Å². The first-order chi connectivity index (χ1) is 6.08. The molecule has 2 N–H and O–H groups in total. The summed E-state index contributed by atoms with van der Waals surface area (Å²) in [5, 5.41) is 16.1. The lowest BCUT2D eigenvalue weighted by molar-refractivity contribution is -0.139. The molecule has 0 unspecified atom stereocenters. The van der Waals surface area contributed by atoms with Crippen LogP contribution in [0.5, 0.6) is 0 Å². The molecule has 0 bridgehead atoms. The smallest absolute Gasteiger partial charge is 0.302 e. The van der Waals surface area contributed by atoms with Crippen LogP contribution in [0.4, 0.5) is 0 Å². The highest BCUT2D eigenvalue weighted by Gasteiger charge is 1.88. The highest BCUT2D eigenvalue weighted by atomic mass is 16.5. The lowest BCUT2D eigenvalue weighted by atomic mass is 10.3. The molecule has 0 aromatic heterocycles. The third-order valence-electron chi connectivity index (χ3n) is 0.968. The second-order valence-corrected chi connectivity index (χ2v) is 2.33. The molecule has 0 heterocycles. The van der Waals surface area contributed by atoms with Crippen LogP contribution in [-0.4, -0.2) is 36.0 Å². The van der Waals surface area contributed by atoms with E-state index in [-0.39, 0.29) is 25.8 Å². The van der Waals surface area contributed by atoms with E-state index < -0.39 is 0 Å². The van der Waals surface area contributed by atoms with Crippen molar-refractivity contribution in [3.63, 3.8) is 0 Å². The maximum absolute atomic E-state index is 10.2. The van der Waals surface area contributed by atoms with E-state index in [9.17, 15) is 4.79 Å². The molecule has 0 atom stereocenters. The minimum absolute atomic E-state index is 0.0151. The van der Waals surface area contributed by atoms with Crippen molar-refractivity contribution in [1.29, 1.82) is 0 Å². The Kier molecular flexibility index (Phi) is 12.5. The van der Waals surface area contributed by atoms with Crippen molar-refractivity contribution in [3.8, 4) is 0 Å². The molecule has 0 aliphatic rings. The van der Waals surface area contributed by atoms with E-state index >= 15 is 0 Å². The molecular weight excluding hydrogens is 172 g/mol. The van der Waals surface area contributed by atoms with E-state index in [0.717, 1.165) is 5.57 Å². The Bertz CT molecular complexity index is 152. The zero-order valence-electron chi connectivity index (χ0n) is 8.41. The van der Waals surface area contributed by atoms with Gasteiger partial charge in [-0.25, -0.2) is 0 Å². The second kappa shape index (κ2) is 11.1. The molecule has 0 saturated carbocycles. The molecule has 0 rings (SSSR count). The summed E-state index contributed by atoms with van der Waals surface area (Å²) in [4.78, 5) is 10.2. The van der Waals surface area contributed by atoms with Crippen LogP contribution < -0.4 is 0 Å². The summed E-state index contributed by atoms with van der Waals surface area (Å²) in [5.74, 6) is -0.304. The van der Waals surface area contributed by atoms with Crippen molar-refractivity contribution in [2.24, 2.45) is 0 Å². The molecule has 0 aromatic rings.